The minimum Gasteiger partial charge on any atom is -0.493 e. The van der Waals surface area contributed by atoms with Crippen LogP contribution in [0, 0.1) is 5.92 Å². The van der Waals surface area contributed by atoms with Crippen LogP contribution in [0.4, 0.5) is 0 Å². The van der Waals surface area contributed by atoms with Crippen LogP contribution in [-0.4, -0.2) is 32.0 Å². The molecule has 1 aromatic rings. The Morgan fingerprint density at radius 3 is 2.56 bits per heavy atom. The van der Waals surface area contributed by atoms with Crippen molar-refractivity contribution < 1.29 is 19.3 Å². The lowest BCUT2D eigenvalue weighted by Crippen LogP contribution is -2.13. The van der Waals surface area contributed by atoms with E-state index < -0.39 is 6.10 Å². The molecule has 1 aliphatic rings. The molecular formula is C14H20O4. The maximum Gasteiger partial charge on any atom is 0.161 e. The highest BCUT2D eigenvalue weighted by molar-refractivity contribution is 5.43. The van der Waals surface area contributed by atoms with Crippen LogP contribution in [-0.2, 0) is 4.74 Å². The first-order valence-electron chi connectivity index (χ1n) is 6.17. The summed E-state index contributed by atoms with van der Waals surface area (Å²) in [5.74, 6) is 1.46. The molecule has 3 unspecified atom stereocenters. The summed E-state index contributed by atoms with van der Waals surface area (Å²) in [6, 6.07) is 5.51. The number of rotatable bonds is 4. The third-order valence-electron chi connectivity index (χ3n) is 3.43. The first-order chi connectivity index (χ1) is 8.65. The molecule has 1 N–H and O–H groups in total. The summed E-state index contributed by atoms with van der Waals surface area (Å²) in [7, 11) is 3.19. The van der Waals surface area contributed by atoms with Gasteiger partial charge in [-0.1, -0.05) is 6.07 Å². The van der Waals surface area contributed by atoms with Crippen molar-refractivity contribution in [2.24, 2.45) is 5.92 Å². The largest absolute Gasteiger partial charge is 0.493 e. The lowest BCUT2D eigenvalue weighted by atomic mass is 9.93. The van der Waals surface area contributed by atoms with Crippen LogP contribution in [0.2, 0.25) is 0 Å². The lowest BCUT2D eigenvalue weighted by Gasteiger charge is -2.18. The predicted octanol–water partition coefficient (Wildman–Crippen LogP) is 2.16. The normalized spacial score (nSPS) is 24.9. The van der Waals surface area contributed by atoms with Crippen molar-refractivity contribution in [1.82, 2.24) is 0 Å². The van der Waals surface area contributed by atoms with Crippen molar-refractivity contribution >= 4 is 0 Å². The third kappa shape index (κ3) is 2.60. The second-order valence-electron chi connectivity index (χ2n) is 4.70. The Hall–Kier alpha value is -1.26. The molecular weight excluding hydrogens is 232 g/mol. The first-order valence-corrected chi connectivity index (χ1v) is 6.17. The highest BCUT2D eigenvalue weighted by Crippen LogP contribution is 2.35. The van der Waals surface area contributed by atoms with E-state index in [9.17, 15) is 5.11 Å². The van der Waals surface area contributed by atoms with Gasteiger partial charge in [0, 0.05) is 5.92 Å². The summed E-state index contributed by atoms with van der Waals surface area (Å²) in [6.45, 7) is 2.64. The highest BCUT2D eigenvalue weighted by atomic mass is 16.5. The predicted molar refractivity (Wildman–Crippen MR) is 68.0 cm³/mol. The second-order valence-corrected chi connectivity index (χ2v) is 4.70. The van der Waals surface area contributed by atoms with Gasteiger partial charge in [-0.15, -0.1) is 0 Å². The Morgan fingerprint density at radius 2 is 2.00 bits per heavy atom. The molecule has 3 atom stereocenters. The fraction of sp³-hybridized carbons (Fsp3) is 0.571. The van der Waals surface area contributed by atoms with E-state index >= 15 is 0 Å². The van der Waals surface area contributed by atoms with Crippen LogP contribution < -0.4 is 9.47 Å². The highest BCUT2D eigenvalue weighted by Gasteiger charge is 2.29. The number of hydrogen-bond donors (Lipinski definition) is 1. The maximum atomic E-state index is 10.3. The van der Waals surface area contributed by atoms with Crippen molar-refractivity contribution in [2.45, 2.75) is 25.6 Å². The van der Waals surface area contributed by atoms with E-state index in [1.807, 2.05) is 25.1 Å². The Balaban J connectivity index is 2.17. The molecule has 4 heteroatoms. The van der Waals surface area contributed by atoms with Crippen molar-refractivity contribution in [3.8, 4) is 11.5 Å². The van der Waals surface area contributed by atoms with E-state index in [2.05, 4.69) is 0 Å². The number of aliphatic hydroxyl groups is 1. The van der Waals surface area contributed by atoms with Crippen molar-refractivity contribution in [3.63, 3.8) is 0 Å². The van der Waals surface area contributed by atoms with E-state index in [0.29, 0.717) is 18.1 Å². The number of ether oxygens (including phenoxy) is 3. The van der Waals surface area contributed by atoms with Crippen LogP contribution in [0.1, 0.15) is 25.0 Å². The van der Waals surface area contributed by atoms with Crippen LogP contribution in [0.3, 0.4) is 0 Å². The van der Waals surface area contributed by atoms with Crippen LogP contribution in [0.25, 0.3) is 0 Å². The average Bonchev–Trinajstić information content (AvgIpc) is 2.83. The summed E-state index contributed by atoms with van der Waals surface area (Å²) >= 11 is 0. The van der Waals surface area contributed by atoms with Gasteiger partial charge in [-0.25, -0.2) is 0 Å². The zero-order valence-corrected chi connectivity index (χ0v) is 11.1. The van der Waals surface area contributed by atoms with E-state index in [0.717, 1.165) is 12.0 Å². The van der Waals surface area contributed by atoms with E-state index in [-0.39, 0.29) is 12.0 Å². The Kier molecular flexibility index (Phi) is 4.09. The minimum atomic E-state index is -0.519. The number of methoxy groups -OCH3 is 2. The molecule has 0 aromatic heterocycles. The quantitative estimate of drug-likeness (QED) is 0.892. The van der Waals surface area contributed by atoms with E-state index in [1.165, 1.54) is 0 Å². The van der Waals surface area contributed by atoms with Gasteiger partial charge in [-0.05, 0) is 31.0 Å². The fourth-order valence-electron chi connectivity index (χ4n) is 2.38. The molecule has 4 nitrogen and oxygen atoms in total. The molecule has 1 heterocycles. The summed E-state index contributed by atoms with van der Waals surface area (Å²) in [4.78, 5) is 0. The molecule has 0 aliphatic carbocycles. The van der Waals surface area contributed by atoms with E-state index in [1.54, 1.807) is 14.2 Å². The Morgan fingerprint density at radius 1 is 1.28 bits per heavy atom. The number of benzene rings is 1. The van der Waals surface area contributed by atoms with Crippen molar-refractivity contribution in [1.29, 1.82) is 0 Å². The molecule has 18 heavy (non-hydrogen) atoms. The Labute approximate surface area is 107 Å². The van der Waals surface area contributed by atoms with Gasteiger partial charge in [-0.2, -0.15) is 0 Å². The zero-order chi connectivity index (χ0) is 13.1. The average molecular weight is 252 g/mol. The molecule has 0 radical (unpaired) electrons. The Bertz CT molecular complexity index is 405. The molecule has 0 bridgehead atoms. The minimum absolute atomic E-state index is 0.151. The van der Waals surface area contributed by atoms with Crippen LogP contribution in [0.15, 0.2) is 18.2 Å². The van der Waals surface area contributed by atoms with Crippen molar-refractivity contribution in [2.75, 3.05) is 20.8 Å². The fourth-order valence-corrected chi connectivity index (χ4v) is 2.38. The summed E-state index contributed by atoms with van der Waals surface area (Å²) < 4.78 is 15.9. The smallest absolute Gasteiger partial charge is 0.161 e. The summed E-state index contributed by atoms with van der Waals surface area (Å²) in [5.41, 5.74) is 0.843. The zero-order valence-electron chi connectivity index (χ0n) is 11.1. The van der Waals surface area contributed by atoms with Crippen LogP contribution >= 0.6 is 0 Å². The van der Waals surface area contributed by atoms with Gasteiger partial charge in [0.1, 0.15) is 0 Å². The summed E-state index contributed by atoms with van der Waals surface area (Å²) in [5, 5.41) is 10.3. The third-order valence-corrected chi connectivity index (χ3v) is 3.43. The van der Waals surface area contributed by atoms with Gasteiger partial charge in [0.25, 0.3) is 0 Å². The van der Waals surface area contributed by atoms with Gasteiger partial charge >= 0.3 is 0 Å². The second kappa shape index (κ2) is 5.59. The van der Waals surface area contributed by atoms with Gasteiger partial charge in [0.05, 0.1) is 33.0 Å². The molecule has 2 rings (SSSR count). The van der Waals surface area contributed by atoms with E-state index in [4.69, 9.17) is 14.2 Å². The molecule has 1 aromatic carbocycles. The molecule has 100 valence electrons. The topological polar surface area (TPSA) is 47.9 Å². The lowest BCUT2D eigenvalue weighted by molar-refractivity contribution is 0.0802. The van der Waals surface area contributed by atoms with Gasteiger partial charge < -0.3 is 19.3 Å². The molecule has 0 spiro atoms. The van der Waals surface area contributed by atoms with Gasteiger partial charge in [0.15, 0.2) is 11.5 Å². The first kappa shape index (κ1) is 13.2. The number of hydrogen-bond acceptors (Lipinski definition) is 4. The molecule has 1 fully saturated rings. The van der Waals surface area contributed by atoms with Gasteiger partial charge in [0.2, 0.25) is 0 Å². The van der Waals surface area contributed by atoms with Crippen LogP contribution in [0.5, 0.6) is 11.5 Å². The summed E-state index contributed by atoms with van der Waals surface area (Å²) in [6.07, 6.45) is 0.592. The standard InChI is InChI=1S/C14H20O4/c1-9-6-11(8-18-9)14(15)10-4-5-12(16-2)13(7-10)17-3/h4-5,7,9,11,14-15H,6,8H2,1-3H3. The SMILES string of the molecule is COc1ccc(C(O)C2COC(C)C2)cc1OC. The van der Waals surface area contributed by atoms with Gasteiger partial charge in [-0.3, -0.25) is 0 Å². The monoisotopic (exact) mass is 252 g/mol. The van der Waals surface area contributed by atoms with Crippen molar-refractivity contribution in [3.05, 3.63) is 23.8 Å². The molecule has 1 saturated heterocycles. The maximum absolute atomic E-state index is 10.3. The molecule has 0 saturated carbocycles. The molecule has 1 aliphatic heterocycles. The molecule has 0 amide bonds. The number of aliphatic hydroxyl groups excluding tert-OH is 1.